The van der Waals surface area contributed by atoms with E-state index < -0.39 is 5.97 Å². The number of carbonyl (C=O) groups is 2. The molecular formula is C18H17ClFN3O3. The van der Waals surface area contributed by atoms with Crippen LogP contribution in [0, 0.1) is 12.7 Å². The number of esters is 1. The minimum Gasteiger partial charge on any atom is -0.452 e. The van der Waals surface area contributed by atoms with Gasteiger partial charge in [0, 0.05) is 17.7 Å². The number of hydrogen-bond donors (Lipinski definition) is 1. The summed E-state index contributed by atoms with van der Waals surface area (Å²) in [7, 11) is 0. The van der Waals surface area contributed by atoms with Crippen LogP contribution in [0.3, 0.4) is 0 Å². The molecule has 2 aromatic rings. The highest BCUT2D eigenvalue weighted by Crippen LogP contribution is 2.25. The van der Waals surface area contributed by atoms with Crippen LogP contribution in [-0.2, 0) is 14.3 Å². The van der Waals surface area contributed by atoms with Crippen LogP contribution in [0.4, 0.5) is 4.39 Å². The van der Waals surface area contributed by atoms with Gasteiger partial charge in [0.15, 0.2) is 6.61 Å². The fraction of sp³-hybridized carbons (Fsp3) is 0.278. The van der Waals surface area contributed by atoms with Crippen LogP contribution in [0.2, 0.25) is 5.15 Å². The first-order valence-electron chi connectivity index (χ1n) is 8.09. The molecule has 1 fully saturated rings. The topological polar surface area (TPSA) is 73.2 Å². The Morgan fingerprint density at radius 1 is 1.38 bits per heavy atom. The van der Waals surface area contributed by atoms with Gasteiger partial charge in [-0.1, -0.05) is 11.6 Å². The summed E-state index contributed by atoms with van der Waals surface area (Å²) in [6, 6.07) is 5.93. The first-order valence-corrected chi connectivity index (χ1v) is 8.47. The molecule has 0 atom stereocenters. The van der Waals surface area contributed by atoms with Crippen LogP contribution in [0.15, 0.2) is 30.3 Å². The Morgan fingerprint density at radius 2 is 2.08 bits per heavy atom. The summed E-state index contributed by atoms with van der Waals surface area (Å²) in [6.45, 7) is 1.42. The number of hydrogen-bond acceptors (Lipinski definition) is 4. The predicted molar refractivity (Wildman–Crippen MR) is 94.4 cm³/mol. The van der Waals surface area contributed by atoms with Gasteiger partial charge in [-0.15, -0.1) is 0 Å². The average molecular weight is 378 g/mol. The minimum atomic E-state index is -0.652. The molecular weight excluding hydrogens is 361 g/mol. The number of halogens is 2. The molecule has 1 saturated carbocycles. The van der Waals surface area contributed by atoms with Gasteiger partial charge in [-0.2, -0.15) is 5.10 Å². The summed E-state index contributed by atoms with van der Waals surface area (Å²) in [5, 5.41) is 7.30. The van der Waals surface area contributed by atoms with E-state index in [-0.39, 0.29) is 29.5 Å². The molecule has 1 aromatic carbocycles. The molecule has 0 radical (unpaired) electrons. The Labute approximate surface area is 154 Å². The SMILES string of the molecule is Cc1nn(-c2ccc(F)cc2)c(Cl)c1/C=C/C(=O)OCC(=O)NC1CC1. The second-order valence-electron chi connectivity index (χ2n) is 5.96. The molecule has 1 aromatic heterocycles. The molecule has 6 nitrogen and oxygen atoms in total. The van der Waals surface area contributed by atoms with E-state index in [2.05, 4.69) is 10.4 Å². The van der Waals surface area contributed by atoms with E-state index in [1.54, 1.807) is 19.1 Å². The van der Waals surface area contributed by atoms with Crippen molar-refractivity contribution in [1.82, 2.24) is 15.1 Å². The van der Waals surface area contributed by atoms with Crippen molar-refractivity contribution in [2.45, 2.75) is 25.8 Å². The lowest BCUT2D eigenvalue weighted by atomic mass is 10.2. The molecule has 1 heterocycles. The molecule has 0 saturated heterocycles. The highest BCUT2D eigenvalue weighted by Gasteiger charge is 2.23. The molecule has 3 rings (SSSR count). The maximum Gasteiger partial charge on any atom is 0.331 e. The van der Waals surface area contributed by atoms with Crippen molar-refractivity contribution in [3.8, 4) is 5.69 Å². The lowest BCUT2D eigenvalue weighted by Gasteiger charge is -2.03. The van der Waals surface area contributed by atoms with E-state index in [9.17, 15) is 14.0 Å². The molecule has 8 heteroatoms. The minimum absolute atomic E-state index is 0.218. The van der Waals surface area contributed by atoms with E-state index in [4.69, 9.17) is 16.3 Å². The van der Waals surface area contributed by atoms with Gasteiger partial charge in [-0.05, 0) is 50.1 Å². The molecule has 1 aliphatic carbocycles. The molecule has 1 N–H and O–H groups in total. The van der Waals surface area contributed by atoms with Gasteiger partial charge >= 0.3 is 5.97 Å². The second kappa shape index (κ2) is 7.70. The fourth-order valence-electron chi connectivity index (χ4n) is 2.29. The second-order valence-corrected chi connectivity index (χ2v) is 6.32. The van der Waals surface area contributed by atoms with Gasteiger partial charge < -0.3 is 10.1 Å². The van der Waals surface area contributed by atoms with E-state index in [1.807, 2.05) is 0 Å². The normalized spacial score (nSPS) is 13.8. The van der Waals surface area contributed by atoms with E-state index in [0.717, 1.165) is 12.8 Å². The highest BCUT2D eigenvalue weighted by atomic mass is 35.5. The van der Waals surface area contributed by atoms with Crippen LogP contribution in [0.1, 0.15) is 24.1 Å². The van der Waals surface area contributed by atoms with E-state index >= 15 is 0 Å². The summed E-state index contributed by atoms with van der Waals surface area (Å²) in [5.41, 5.74) is 1.73. The maximum atomic E-state index is 13.0. The summed E-state index contributed by atoms with van der Waals surface area (Å²) in [4.78, 5) is 23.2. The summed E-state index contributed by atoms with van der Waals surface area (Å²) in [5.74, 6) is -1.32. The summed E-state index contributed by atoms with van der Waals surface area (Å²) >= 11 is 6.32. The number of benzene rings is 1. The van der Waals surface area contributed by atoms with Crippen molar-refractivity contribution in [2.75, 3.05) is 6.61 Å². The van der Waals surface area contributed by atoms with E-state index in [0.29, 0.717) is 16.9 Å². The van der Waals surface area contributed by atoms with Crippen LogP contribution in [0.5, 0.6) is 0 Å². The Bertz CT molecular complexity index is 857. The van der Waals surface area contributed by atoms with E-state index in [1.165, 1.54) is 29.0 Å². The van der Waals surface area contributed by atoms with Crippen LogP contribution in [-0.4, -0.2) is 34.3 Å². The number of nitrogens with one attached hydrogen (secondary N) is 1. The van der Waals surface area contributed by atoms with Crippen molar-refractivity contribution < 1.29 is 18.7 Å². The van der Waals surface area contributed by atoms with Crippen molar-refractivity contribution in [1.29, 1.82) is 0 Å². The first kappa shape index (κ1) is 18.1. The number of carbonyl (C=O) groups excluding carboxylic acids is 2. The lowest BCUT2D eigenvalue weighted by molar-refractivity contribution is -0.143. The molecule has 0 unspecified atom stereocenters. The van der Waals surface area contributed by atoms with Gasteiger partial charge in [0.05, 0.1) is 11.4 Å². The number of aromatic nitrogens is 2. The Hall–Kier alpha value is -2.67. The van der Waals surface area contributed by atoms with Crippen LogP contribution in [0.25, 0.3) is 11.8 Å². The van der Waals surface area contributed by atoms with Gasteiger partial charge in [-0.3, -0.25) is 4.79 Å². The van der Waals surface area contributed by atoms with Gasteiger partial charge in [0.25, 0.3) is 5.91 Å². The zero-order chi connectivity index (χ0) is 18.7. The molecule has 26 heavy (non-hydrogen) atoms. The fourth-order valence-corrected chi connectivity index (χ4v) is 2.62. The van der Waals surface area contributed by atoms with Gasteiger partial charge in [0.1, 0.15) is 11.0 Å². The molecule has 1 aliphatic rings. The van der Waals surface area contributed by atoms with Crippen molar-refractivity contribution in [3.63, 3.8) is 0 Å². The van der Waals surface area contributed by atoms with Crippen molar-refractivity contribution in [2.24, 2.45) is 0 Å². The van der Waals surface area contributed by atoms with Gasteiger partial charge in [0.2, 0.25) is 0 Å². The third kappa shape index (κ3) is 4.49. The Morgan fingerprint density at radius 3 is 2.73 bits per heavy atom. The molecule has 136 valence electrons. The first-order chi connectivity index (χ1) is 12.4. The maximum absolute atomic E-state index is 13.0. The molecule has 0 aliphatic heterocycles. The average Bonchev–Trinajstić information content (AvgIpc) is 3.37. The zero-order valence-corrected chi connectivity index (χ0v) is 14.8. The van der Waals surface area contributed by atoms with Crippen LogP contribution >= 0.6 is 11.6 Å². The highest BCUT2D eigenvalue weighted by molar-refractivity contribution is 6.31. The summed E-state index contributed by atoms with van der Waals surface area (Å²) < 4.78 is 19.4. The molecule has 0 spiro atoms. The lowest BCUT2D eigenvalue weighted by Crippen LogP contribution is -2.30. The largest absolute Gasteiger partial charge is 0.452 e. The third-order valence-electron chi connectivity index (χ3n) is 3.79. The zero-order valence-electron chi connectivity index (χ0n) is 14.0. The number of nitrogens with zero attached hydrogens (tertiary/aromatic N) is 2. The third-order valence-corrected chi connectivity index (χ3v) is 4.16. The Kier molecular flexibility index (Phi) is 5.37. The monoisotopic (exact) mass is 377 g/mol. The van der Waals surface area contributed by atoms with Crippen LogP contribution < -0.4 is 5.32 Å². The number of rotatable bonds is 6. The van der Waals surface area contributed by atoms with Crippen molar-refractivity contribution >= 4 is 29.6 Å². The molecule has 0 bridgehead atoms. The molecule has 1 amide bonds. The predicted octanol–water partition coefficient (Wildman–Crippen LogP) is 2.81. The summed E-state index contributed by atoms with van der Waals surface area (Å²) in [6.07, 6.45) is 4.60. The standard InChI is InChI=1S/C18H17ClFN3O3/c1-11-15(8-9-17(25)26-10-16(24)21-13-4-5-13)18(19)23(22-11)14-6-2-12(20)3-7-14/h2-3,6-9,13H,4-5,10H2,1H3,(H,21,24)/b9-8+. The number of ether oxygens (including phenoxy) is 1. The van der Waals surface area contributed by atoms with Crippen molar-refractivity contribution in [3.05, 3.63) is 52.6 Å². The van der Waals surface area contributed by atoms with Gasteiger partial charge in [-0.25, -0.2) is 13.9 Å². The Balaban J connectivity index is 1.65. The quantitative estimate of drug-likeness (QED) is 0.620. The number of amides is 1. The number of aryl methyl sites for hydroxylation is 1. The smallest absolute Gasteiger partial charge is 0.331 e.